The van der Waals surface area contributed by atoms with E-state index in [4.69, 9.17) is 9.84 Å². The summed E-state index contributed by atoms with van der Waals surface area (Å²) >= 11 is 1.18. The lowest BCUT2D eigenvalue weighted by Crippen LogP contribution is -2.32. The molecule has 7 heteroatoms. The first-order valence-electron chi connectivity index (χ1n) is 4.92. The number of amides is 1. The summed E-state index contributed by atoms with van der Waals surface area (Å²) in [7, 11) is 0. The minimum Gasteiger partial charge on any atom is -0.476 e. The van der Waals surface area contributed by atoms with Crippen molar-refractivity contribution >= 4 is 23.4 Å². The average Bonchev–Trinajstić information content (AvgIpc) is 2.60. The maximum Gasteiger partial charge on any atom is 0.408 e. The fourth-order valence-electron chi connectivity index (χ4n) is 0.952. The van der Waals surface area contributed by atoms with Crippen molar-refractivity contribution in [1.82, 2.24) is 10.3 Å². The van der Waals surface area contributed by atoms with Crippen LogP contribution in [0.25, 0.3) is 0 Å². The fraction of sp³-hybridized carbons (Fsp3) is 0.500. The fourth-order valence-corrected chi connectivity index (χ4v) is 1.66. The van der Waals surface area contributed by atoms with E-state index >= 15 is 0 Å². The van der Waals surface area contributed by atoms with Gasteiger partial charge >= 0.3 is 12.1 Å². The van der Waals surface area contributed by atoms with Crippen LogP contribution in [0.4, 0.5) is 4.79 Å². The molecule has 2 N–H and O–H groups in total. The van der Waals surface area contributed by atoms with Gasteiger partial charge in [-0.05, 0) is 20.8 Å². The quantitative estimate of drug-likeness (QED) is 0.864. The minimum absolute atomic E-state index is 0.0176. The average molecular weight is 258 g/mol. The summed E-state index contributed by atoms with van der Waals surface area (Å²) in [5.74, 6) is -1.08. The molecule has 0 saturated heterocycles. The third kappa shape index (κ3) is 4.81. The van der Waals surface area contributed by atoms with E-state index in [0.717, 1.165) is 0 Å². The number of aromatic nitrogens is 1. The molecule has 0 aromatic carbocycles. The number of alkyl carbamates (subject to hydrolysis) is 1. The number of rotatable bonds is 3. The predicted octanol–water partition coefficient (Wildman–Crippen LogP) is 1.87. The Bertz CT molecular complexity index is 422. The molecule has 0 fully saturated rings. The summed E-state index contributed by atoms with van der Waals surface area (Å²) in [6, 6.07) is 0. The van der Waals surface area contributed by atoms with Crippen LogP contribution < -0.4 is 5.32 Å². The Balaban J connectivity index is 2.45. The lowest BCUT2D eigenvalue weighted by atomic mass is 10.2. The Kier molecular flexibility index (Phi) is 4.06. The van der Waals surface area contributed by atoms with Crippen molar-refractivity contribution < 1.29 is 19.4 Å². The second kappa shape index (κ2) is 5.13. The number of nitrogens with one attached hydrogen (secondary N) is 1. The van der Waals surface area contributed by atoms with Gasteiger partial charge in [0.2, 0.25) is 0 Å². The SMILES string of the molecule is CC(C)(C)OC(=O)NCc1nc(C(=O)O)cs1. The number of ether oxygens (including phenoxy) is 1. The highest BCUT2D eigenvalue weighted by atomic mass is 32.1. The molecule has 94 valence electrons. The van der Waals surface area contributed by atoms with E-state index in [1.54, 1.807) is 20.8 Å². The molecular formula is C10H14N2O4S. The molecule has 6 nitrogen and oxygen atoms in total. The number of hydrogen-bond acceptors (Lipinski definition) is 5. The molecule has 1 amide bonds. The van der Waals surface area contributed by atoms with Crippen LogP contribution in [-0.4, -0.2) is 27.8 Å². The van der Waals surface area contributed by atoms with Crippen LogP contribution in [0.15, 0.2) is 5.38 Å². The van der Waals surface area contributed by atoms with Gasteiger partial charge in [-0.15, -0.1) is 11.3 Å². The molecule has 1 aromatic heterocycles. The maximum absolute atomic E-state index is 11.3. The van der Waals surface area contributed by atoms with Gasteiger partial charge in [-0.3, -0.25) is 0 Å². The van der Waals surface area contributed by atoms with Gasteiger partial charge in [0.15, 0.2) is 5.69 Å². The zero-order chi connectivity index (χ0) is 13.1. The molecule has 0 unspecified atom stereocenters. The van der Waals surface area contributed by atoms with Crippen LogP contribution >= 0.6 is 11.3 Å². The van der Waals surface area contributed by atoms with Crippen LogP contribution in [0, 0.1) is 0 Å². The summed E-state index contributed by atoms with van der Waals surface area (Å²) < 4.78 is 5.02. The van der Waals surface area contributed by atoms with Crippen molar-refractivity contribution in [3.8, 4) is 0 Å². The van der Waals surface area contributed by atoms with Crippen LogP contribution in [0.3, 0.4) is 0 Å². The van der Waals surface area contributed by atoms with Gasteiger partial charge in [-0.25, -0.2) is 14.6 Å². The first kappa shape index (κ1) is 13.4. The topological polar surface area (TPSA) is 88.5 Å². The number of carbonyl (C=O) groups excluding carboxylic acids is 1. The Labute approximate surface area is 103 Å². The molecule has 1 aromatic rings. The first-order valence-corrected chi connectivity index (χ1v) is 5.80. The lowest BCUT2D eigenvalue weighted by molar-refractivity contribution is 0.0523. The molecule has 0 aliphatic heterocycles. The molecule has 0 radical (unpaired) electrons. The normalized spacial score (nSPS) is 11.0. The largest absolute Gasteiger partial charge is 0.476 e. The summed E-state index contributed by atoms with van der Waals surface area (Å²) in [5.41, 5.74) is -0.574. The molecule has 0 atom stereocenters. The summed E-state index contributed by atoms with van der Waals surface area (Å²) in [6.07, 6.45) is -0.551. The van der Waals surface area contributed by atoms with E-state index in [2.05, 4.69) is 10.3 Å². The molecule has 1 heterocycles. The number of nitrogens with zero attached hydrogens (tertiary/aromatic N) is 1. The molecule has 0 spiro atoms. The number of carboxylic acids is 1. The summed E-state index contributed by atoms with van der Waals surface area (Å²) in [5, 5.41) is 13.1. The Morgan fingerprint density at radius 2 is 2.18 bits per heavy atom. The van der Waals surface area contributed by atoms with Gasteiger partial charge in [0.25, 0.3) is 0 Å². The summed E-state index contributed by atoms with van der Waals surface area (Å²) in [4.78, 5) is 25.7. The zero-order valence-corrected chi connectivity index (χ0v) is 10.6. The van der Waals surface area contributed by atoms with Crippen molar-refractivity contribution in [2.75, 3.05) is 0 Å². The van der Waals surface area contributed by atoms with Crippen molar-refractivity contribution in [3.05, 3.63) is 16.1 Å². The molecule has 1 rings (SSSR count). The second-order valence-electron chi connectivity index (χ2n) is 4.29. The number of thiazole rings is 1. The molecular weight excluding hydrogens is 244 g/mol. The van der Waals surface area contributed by atoms with E-state index in [1.165, 1.54) is 16.7 Å². The van der Waals surface area contributed by atoms with Crippen LogP contribution in [0.5, 0.6) is 0 Å². The lowest BCUT2D eigenvalue weighted by Gasteiger charge is -2.19. The highest BCUT2D eigenvalue weighted by molar-refractivity contribution is 7.09. The van der Waals surface area contributed by atoms with Crippen molar-refractivity contribution in [2.45, 2.75) is 32.9 Å². The van der Waals surface area contributed by atoms with E-state index < -0.39 is 17.7 Å². The number of carboxylic acid groups (broad SMARTS) is 1. The molecule has 0 saturated carbocycles. The monoisotopic (exact) mass is 258 g/mol. The zero-order valence-electron chi connectivity index (χ0n) is 9.81. The van der Waals surface area contributed by atoms with Gasteiger partial charge in [-0.2, -0.15) is 0 Å². The van der Waals surface area contributed by atoms with Gasteiger partial charge in [0, 0.05) is 5.38 Å². The minimum atomic E-state index is -1.08. The van der Waals surface area contributed by atoms with Crippen LogP contribution in [-0.2, 0) is 11.3 Å². The Morgan fingerprint density at radius 3 is 2.65 bits per heavy atom. The van der Waals surface area contributed by atoms with Crippen molar-refractivity contribution in [3.63, 3.8) is 0 Å². The number of hydrogen-bond donors (Lipinski definition) is 2. The van der Waals surface area contributed by atoms with E-state index in [0.29, 0.717) is 5.01 Å². The molecule has 0 bridgehead atoms. The predicted molar refractivity (Wildman–Crippen MR) is 62.1 cm³/mol. The van der Waals surface area contributed by atoms with Gasteiger partial charge in [0.05, 0.1) is 6.54 Å². The number of carbonyl (C=O) groups is 2. The van der Waals surface area contributed by atoms with Crippen LogP contribution in [0.1, 0.15) is 36.3 Å². The Morgan fingerprint density at radius 1 is 1.53 bits per heavy atom. The summed E-state index contributed by atoms with van der Waals surface area (Å²) in [6.45, 7) is 5.45. The van der Waals surface area contributed by atoms with E-state index in [-0.39, 0.29) is 12.2 Å². The number of aromatic carboxylic acids is 1. The van der Waals surface area contributed by atoms with E-state index in [1.807, 2.05) is 0 Å². The molecule has 0 aliphatic rings. The molecule has 0 aliphatic carbocycles. The maximum atomic E-state index is 11.3. The third-order valence-corrected chi connectivity index (χ3v) is 2.40. The first-order chi connectivity index (χ1) is 7.78. The van der Waals surface area contributed by atoms with Crippen molar-refractivity contribution in [2.24, 2.45) is 0 Å². The molecule has 17 heavy (non-hydrogen) atoms. The van der Waals surface area contributed by atoms with Gasteiger partial charge < -0.3 is 15.2 Å². The van der Waals surface area contributed by atoms with Crippen molar-refractivity contribution in [1.29, 1.82) is 0 Å². The second-order valence-corrected chi connectivity index (χ2v) is 5.23. The van der Waals surface area contributed by atoms with Gasteiger partial charge in [-0.1, -0.05) is 0 Å². The standard InChI is InChI=1S/C10H14N2O4S/c1-10(2,3)16-9(15)11-4-7-12-6(5-17-7)8(13)14/h5H,4H2,1-3H3,(H,11,15)(H,13,14). The highest BCUT2D eigenvalue weighted by Crippen LogP contribution is 2.10. The highest BCUT2D eigenvalue weighted by Gasteiger charge is 2.16. The Hall–Kier alpha value is -1.63. The van der Waals surface area contributed by atoms with Crippen LogP contribution in [0.2, 0.25) is 0 Å². The smallest absolute Gasteiger partial charge is 0.408 e. The third-order valence-electron chi connectivity index (χ3n) is 1.55. The van der Waals surface area contributed by atoms with E-state index in [9.17, 15) is 9.59 Å². The van der Waals surface area contributed by atoms with Gasteiger partial charge in [0.1, 0.15) is 10.6 Å².